The average Bonchev–Trinajstić information content (AvgIpc) is 3.34. The topological polar surface area (TPSA) is 88.2 Å². The molecule has 0 saturated carbocycles. The molecule has 2 saturated heterocycles. The standard InChI is InChI=1S/C21H26N6O2/c1-2-17-18(12-23-19(17)22-6-1)26-20-24-10-16(11-25-20)13-29-15-27-7-3-21(14-27)4-8-28-9-5-21/h1-2,6,10-12H,3-5,7-9,13-15H2,(H,22,23)(H,24,25,26). The molecular weight excluding hydrogens is 368 g/mol. The Hall–Kier alpha value is -2.55. The Morgan fingerprint density at radius 3 is 2.90 bits per heavy atom. The highest BCUT2D eigenvalue weighted by molar-refractivity contribution is 5.91. The highest BCUT2D eigenvalue weighted by Crippen LogP contribution is 2.39. The molecule has 0 bridgehead atoms. The van der Waals surface area contributed by atoms with Crippen molar-refractivity contribution in [3.8, 4) is 0 Å². The van der Waals surface area contributed by atoms with Gasteiger partial charge in [0, 0.05) is 62.0 Å². The summed E-state index contributed by atoms with van der Waals surface area (Å²) in [5.41, 5.74) is 3.17. The maximum Gasteiger partial charge on any atom is 0.227 e. The number of H-pyrrole nitrogens is 1. The molecule has 0 aliphatic carbocycles. The van der Waals surface area contributed by atoms with Crippen LogP contribution < -0.4 is 5.32 Å². The zero-order valence-electron chi connectivity index (χ0n) is 16.4. The molecule has 3 aromatic rings. The first kappa shape index (κ1) is 18.5. The summed E-state index contributed by atoms with van der Waals surface area (Å²) in [6, 6.07) is 3.92. The second kappa shape index (κ2) is 8.06. The molecule has 0 aromatic carbocycles. The number of rotatable bonds is 6. The van der Waals surface area contributed by atoms with E-state index >= 15 is 0 Å². The number of ether oxygens (including phenoxy) is 2. The van der Waals surface area contributed by atoms with Crippen molar-refractivity contribution in [1.29, 1.82) is 0 Å². The number of likely N-dealkylation sites (tertiary alicyclic amines) is 1. The minimum Gasteiger partial charge on any atom is -0.381 e. The Kier molecular flexibility index (Phi) is 5.13. The third kappa shape index (κ3) is 4.10. The van der Waals surface area contributed by atoms with Gasteiger partial charge in [-0.15, -0.1) is 0 Å². The van der Waals surface area contributed by atoms with Crippen LogP contribution in [0.2, 0.25) is 0 Å². The van der Waals surface area contributed by atoms with Gasteiger partial charge in [-0.25, -0.2) is 15.0 Å². The van der Waals surface area contributed by atoms with E-state index in [-0.39, 0.29) is 0 Å². The quantitative estimate of drug-likeness (QED) is 0.664. The molecule has 3 aromatic heterocycles. The Labute approximate surface area is 169 Å². The smallest absolute Gasteiger partial charge is 0.227 e. The summed E-state index contributed by atoms with van der Waals surface area (Å²) >= 11 is 0. The fraction of sp³-hybridized carbons (Fsp3) is 0.476. The van der Waals surface area contributed by atoms with Crippen LogP contribution in [0, 0.1) is 5.41 Å². The lowest BCUT2D eigenvalue weighted by Gasteiger charge is -2.33. The van der Waals surface area contributed by atoms with Crippen LogP contribution >= 0.6 is 0 Å². The van der Waals surface area contributed by atoms with Crippen molar-refractivity contribution in [3.05, 3.63) is 42.5 Å². The fourth-order valence-corrected chi connectivity index (χ4v) is 4.32. The second-order valence-corrected chi connectivity index (χ2v) is 8.03. The molecule has 5 rings (SSSR count). The van der Waals surface area contributed by atoms with Crippen molar-refractivity contribution in [3.63, 3.8) is 0 Å². The van der Waals surface area contributed by atoms with Gasteiger partial charge in [0.2, 0.25) is 5.95 Å². The molecule has 2 N–H and O–H groups in total. The van der Waals surface area contributed by atoms with E-state index < -0.39 is 0 Å². The molecule has 2 fully saturated rings. The van der Waals surface area contributed by atoms with Gasteiger partial charge in [-0.05, 0) is 36.8 Å². The van der Waals surface area contributed by atoms with Gasteiger partial charge in [-0.1, -0.05) is 0 Å². The first-order valence-corrected chi connectivity index (χ1v) is 10.2. The highest BCUT2D eigenvalue weighted by atomic mass is 16.5. The SMILES string of the molecule is c1cnc2[nH]cc(Nc3ncc(COCN4CCC5(CCOCC5)C4)cn3)c2c1. The van der Waals surface area contributed by atoms with E-state index in [1.807, 2.05) is 30.7 Å². The molecule has 29 heavy (non-hydrogen) atoms. The number of anilines is 2. The number of aromatic nitrogens is 4. The Balaban J connectivity index is 1.11. The van der Waals surface area contributed by atoms with E-state index in [2.05, 4.69) is 30.2 Å². The van der Waals surface area contributed by atoms with Gasteiger partial charge in [0.15, 0.2) is 0 Å². The van der Waals surface area contributed by atoms with E-state index in [1.54, 1.807) is 6.20 Å². The van der Waals surface area contributed by atoms with Crippen LogP contribution in [-0.4, -0.2) is 57.9 Å². The molecule has 0 radical (unpaired) electrons. The van der Waals surface area contributed by atoms with Gasteiger partial charge < -0.3 is 19.8 Å². The molecule has 152 valence electrons. The van der Waals surface area contributed by atoms with Crippen LogP contribution in [0.3, 0.4) is 0 Å². The molecule has 0 atom stereocenters. The first-order valence-electron chi connectivity index (χ1n) is 10.2. The third-order valence-corrected chi connectivity index (χ3v) is 6.02. The molecular formula is C21H26N6O2. The van der Waals surface area contributed by atoms with E-state index in [0.717, 1.165) is 48.6 Å². The average molecular weight is 394 g/mol. The van der Waals surface area contributed by atoms with E-state index in [0.29, 0.717) is 24.7 Å². The number of hydrogen-bond donors (Lipinski definition) is 2. The summed E-state index contributed by atoms with van der Waals surface area (Å²) in [6.45, 7) is 5.21. The molecule has 8 nitrogen and oxygen atoms in total. The Morgan fingerprint density at radius 1 is 1.17 bits per heavy atom. The fourth-order valence-electron chi connectivity index (χ4n) is 4.32. The number of fused-ring (bicyclic) bond motifs is 1. The Morgan fingerprint density at radius 2 is 2.03 bits per heavy atom. The van der Waals surface area contributed by atoms with Crippen LogP contribution in [0.15, 0.2) is 36.9 Å². The van der Waals surface area contributed by atoms with Crippen molar-refractivity contribution in [2.24, 2.45) is 5.41 Å². The molecule has 5 heterocycles. The molecule has 2 aliphatic heterocycles. The molecule has 2 aliphatic rings. The molecule has 0 unspecified atom stereocenters. The lowest BCUT2D eigenvalue weighted by atomic mass is 9.80. The van der Waals surface area contributed by atoms with Crippen molar-refractivity contribution >= 4 is 22.7 Å². The summed E-state index contributed by atoms with van der Waals surface area (Å²) < 4.78 is 11.4. The zero-order chi connectivity index (χ0) is 19.5. The van der Waals surface area contributed by atoms with Crippen LogP contribution in [0.25, 0.3) is 11.0 Å². The van der Waals surface area contributed by atoms with Crippen LogP contribution in [0.4, 0.5) is 11.6 Å². The maximum atomic E-state index is 5.92. The largest absolute Gasteiger partial charge is 0.381 e. The first-order chi connectivity index (χ1) is 14.3. The number of nitrogens with one attached hydrogen (secondary N) is 2. The van der Waals surface area contributed by atoms with E-state index in [4.69, 9.17) is 9.47 Å². The third-order valence-electron chi connectivity index (χ3n) is 6.02. The molecule has 1 spiro atoms. The summed E-state index contributed by atoms with van der Waals surface area (Å²) in [6.07, 6.45) is 10.9. The predicted octanol–water partition coefficient (Wildman–Crippen LogP) is 3.07. The van der Waals surface area contributed by atoms with Gasteiger partial charge in [0.25, 0.3) is 0 Å². The summed E-state index contributed by atoms with van der Waals surface area (Å²) in [5, 5.41) is 4.25. The van der Waals surface area contributed by atoms with Crippen molar-refractivity contribution in [2.45, 2.75) is 25.9 Å². The lowest BCUT2D eigenvalue weighted by molar-refractivity contribution is -0.00209. The summed E-state index contributed by atoms with van der Waals surface area (Å²) in [7, 11) is 0. The van der Waals surface area contributed by atoms with Crippen LogP contribution in [0.1, 0.15) is 24.8 Å². The summed E-state index contributed by atoms with van der Waals surface area (Å²) in [5.74, 6) is 0.555. The minimum absolute atomic E-state index is 0.454. The van der Waals surface area contributed by atoms with Gasteiger partial charge in [-0.3, -0.25) is 4.90 Å². The summed E-state index contributed by atoms with van der Waals surface area (Å²) in [4.78, 5) is 18.7. The number of hydrogen-bond acceptors (Lipinski definition) is 7. The zero-order valence-corrected chi connectivity index (χ0v) is 16.4. The van der Waals surface area contributed by atoms with Gasteiger partial charge >= 0.3 is 0 Å². The van der Waals surface area contributed by atoms with Crippen LogP contribution in [0.5, 0.6) is 0 Å². The van der Waals surface area contributed by atoms with Gasteiger partial charge in [0.05, 0.1) is 19.0 Å². The predicted molar refractivity (Wildman–Crippen MR) is 110 cm³/mol. The van der Waals surface area contributed by atoms with Crippen molar-refractivity contribution in [1.82, 2.24) is 24.8 Å². The highest BCUT2D eigenvalue weighted by Gasteiger charge is 2.39. The molecule has 8 heteroatoms. The lowest BCUT2D eigenvalue weighted by Crippen LogP contribution is -2.33. The van der Waals surface area contributed by atoms with E-state index in [1.165, 1.54) is 19.3 Å². The molecule has 0 amide bonds. The van der Waals surface area contributed by atoms with Crippen LogP contribution in [-0.2, 0) is 16.1 Å². The maximum absolute atomic E-state index is 5.92. The number of pyridine rings is 1. The number of aromatic amines is 1. The van der Waals surface area contributed by atoms with Gasteiger partial charge in [-0.2, -0.15) is 0 Å². The van der Waals surface area contributed by atoms with E-state index in [9.17, 15) is 0 Å². The monoisotopic (exact) mass is 394 g/mol. The second-order valence-electron chi connectivity index (χ2n) is 8.03. The number of nitrogens with zero attached hydrogens (tertiary/aromatic N) is 4. The Bertz CT molecular complexity index is 951. The van der Waals surface area contributed by atoms with Crippen molar-refractivity contribution in [2.75, 3.05) is 38.4 Å². The van der Waals surface area contributed by atoms with Gasteiger partial charge in [0.1, 0.15) is 5.65 Å². The normalized spacial score (nSPS) is 19.2. The minimum atomic E-state index is 0.454. The van der Waals surface area contributed by atoms with Crippen molar-refractivity contribution < 1.29 is 9.47 Å².